The molecule has 4 aromatic rings. The van der Waals surface area contributed by atoms with E-state index < -0.39 is 6.10 Å². The lowest BCUT2D eigenvalue weighted by atomic mass is 10.0. The number of amides is 2. The zero-order valence-electron chi connectivity index (χ0n) is 30.2. The van der Waals surface area contributed by atoms with Gasteiger partial charge in [-0.25, -0.2) is 4.79 Å². The predicted octanol–water partition coefficient (Wildman–Crippen LogP) is 8.57. The number of rotatable bonds is 21. The summed E-state index contributed by atoms with van der Waals surface area (Å²) < 4.78 is 11.7. The second kappa shape index (κ2) is 21.6. The van der Waals surface area contributed by atoms with E-state index in [1.54, 1.807) is 12.1 Å². The summed E-state index contributed by atoms with van der Waals surface area (Å²) in [6.07, 6.45) is 9.64. The Hall–Kier alpha value is -4.70. The second-order valence-corrected chi connectivity index (χ2v) is 13.5. The summed E-state index contributed by atoms with van der Waals surface area (Å²) in [5, 5.41) is 19.7. The summed E-state index contributed by atoms with van der Waals surface area (Å²) in [4.78, 5) is 26.4. The zero-order valence-corrected chi connectivity index (χ0v) is 30.2. The number of aliphatic hydroxyl groups excluding tert-OH is 1. The van der Waals surface area contributed by atoms with Crippen molar-refractivity contribution in [3.8, 4) is 16.9 Å². The molecule has 52 heavy (non-hydrogen) atoms. The lowest BCUT2D eigenvalue weighted by molar-refractivity contribution is -0.105. The molecule has 0 saturated carbocycles. The van der Waals surface area contributed by atoms with Gasteiger partial charge in [0.25, 0.3) is 0 Å². The van der Waals surface area contributed by atoms with E-state index in [2.05, 4.69) is 20.9 Å². The number of likely N-dealkylation sites (tertiary alicyclic amines) is 1. The van der Waals surface area contributed by atoms with Gasteiger partial charge in [0.2, 0.25) is 6.41 Å². The molecule has 1 fully saturated rings. The molecule has 9 nitrogen and oxygen atoms in total. The van der Waals surface area contributed by atoms with Crippen LogP contribution in [0.1, 0.15) is 75.0 Å². The number of piperidine rings is 1. The first-order valence-corrected chi connectivity index (χ1v) is 18.8. The predicted molar refractivity (Wildman–Crippen MR) is 208 cm³/mol. The van der Waals surface area contributed by atoms with Crippen LogP contribution in [0.2, 0.25) is 0 Å². The van der Waals surface area contributed by atoms with E-state index in [1.807, 2.05) is 91.0 Å². The number of carbonyl (C=O) groups is 2. The molecule has 4 N–H and O–H groups in total. The summed E-state index contributed by atoms with van der Waals surface area (Å²) in [6, 6.07) is 33.1. The number of hydrogen-bond acceptors (Lipinski definition) is 7. The third-order valence-corrected chi connectivity index (χ3v) is 9.56. The molecule has 5 rings (SSSR count). The van der Waals surface area contributed by atoms with E-state index in [0.717, 1.165) is 73.4 Å². The Morgan fingerprint density at radius 3 is 2.23 bits per heavy atom. The molecule has 1 saturated heterocycles. The van der Waals surface area contributed by atoms with E-state index in [4.69, 9.17) is 9.47 Å². The highest BCUT2D eigenvalue weighted by Crippen LogP contribution is 2.30. The van der Waals surface area contributed by atoms with Crippen LogP contribution in [0.15, 0.2) is 103 Å². The average molecular weight is 707 g/mol. The Balaban J connectivity index is 0.865. The standard InChI is InChI=1S/C43H54N4O5/c48-33-45-40-30-36(22-23-42(40)51-32-34-16-8-6-9-17-34)41(49)31-44-26-14-4-2-1-3-5-15-27-47-28-24-37(25-29-47)52-43(50)46-39-21-13-12-20-38(39)35-18-10-7-11-19-35/h6-13,16-23,30,33,37,41,44,49H,1-5,14-15,24-29,31-32H2,(H,45,48)(H,46,50). The summed E-state index contributed by atoms with van der Waals surface area (Å²) in [5.41, 5.74) is 5.11. The van der Waals surface area contributed by atoms with Gasteiger partial charge in [-0.15, -0.1) is 0 Å². The maximum Gasteiger partial charge on any atom is 0.411 e. The van der Waals surface area contributed by atoms with Crippen LogP contribution >= 0.6 is 0 Å². The molecule has 0 radical (unpaired) electrons. The molecule has 2 amide bonds. The molecule has 1 heterocycles. The molecule has 1 atom stereocenters. The number of aliphatic hydroxyl groups is 1. The van der Waals surface area contributed by atoms with E-state index in [1.165, 1.54) is 38.5 Å². The molecule has 9 heteroatoms. The van der Waals surface area contributed by atoms with Crippen LogP contribution in [0.25, 0.3) is 11.1 Å². The molecule has 1 aliphatic rings. The van der Waals surface area contributed by atoms with Gasteiger partial charge < -0.3 is 30.1 Å². The lowest BCUT2D eigenvalue weighted by Gasteiger charge is -2.31. The van der Waals surface area contributed by atoms with Gasteiger partial charge in [-0.3, -0.25) is 10.1 Å². The average Bonchev–Trinajstić information content (AvgIpc) is 3.18. The van der Waals surface area contributed by atoms with Gasteiger partial charge in [-0.1, -0.05) is 117 Å². The Labute approximate surface area is 308 Å². The third-order valence-electron chi connectivity index (χ3n) is 9.56. The third kappa shape index (κ3) is 12.8. The van der Waals surface area contributed by atoms with Crippen molar-refractivity contribution < 1.29 is 24.2 Å². The number of para-hydroxylation sites is 1. The van der Waals surface area contributed by atoms with Crippen molar-refractivity contribution in [2.45, 2.75) is 76.6 Å². The van der Waals surface area contributed by atoms with E-state index >= 15 is 0 Å². The topological polar surface area (TPSA) is 112 Å². The molecule has 0 spiro atoms. The van der Waals surface area contributed by atoms with Crippen LogP contribution in [-0.4, -0.2) is 61.3 Å². The molecule has 4 aromatic carbocycles. The van der Waals surface area contributed by atoms with Crippen molar-refractivity contribution in [2.75, 3.05) is 43.4 Å². The Bertz CT molecular complexity index is 1630. The van der Waals surface area contributed by atoms with Crippen molar-refractivity contribution in [3.05, 3.63) is 114 Å². The Kier molecular flexibility index (Phi) is 16.0. The summed E-state index contributed by atoms with van der Waals surface area (Å²) in [5.74, 6) is 0.565. The minimum atomic E-state index is -0.679. The minimum Gasteiger partial charge on any atom is -0.487 e. The van der Waals surface area contributed by atoms with Crippen LogP contribution in [0.5, 0.6) is 5.75 Å². The molecule has 0 bridgehead atoms. The van der Waals surface area contributed by atoms with E-state index in [-0.39, 0.29) is 12.2 Å². The molecule has 1 unspecified atom stereocenters. The first-order chi connectivity index (χ1) is 25.6. The number of hydrogen-bond donors (Lipinski definition) is 4. The number of benzene rings is 4. The van der Waals surface area contributed by atoms with Gasteiger partial charge in [-0.2, -0.15) is 0 Å². The van der Waals surface area contributed by atoms with Gasteiger partial charge in [-0.05, 0) is 73.7 Å². The largest absolute Gasteiger partial charge is 0.487 e. The molecule has 1 aliphatic heterocycles. The van der Waals surface area contributed by atoms with Crippen molar-refractivity contribution in [3.63, 3.8) is 0 Å². The second-order valence-electron chi connectivity index (χ2n) is 13.5. The highest BCUT2D eigenvalue weighted by molar-refractivity contribution is 5.91. The molecular weight excluding hydrogens is 652 g/mol. The molecule has 0 aromatic heterocycles. The van der Waals surface area contributed by atoms with Gasteiger partial charge in [0.15, 0.2) is 0 Å². The van der Waals surface area contributed by atoms with Crippen LogP contribution in [-0.2, 0) is 16.1 Å². The summed E-state index contributed by atoms with van der Waals surface area (Å²) in [6.45, 7) is 4.73. The number of anilines is 2. The fraction of sp³-hybridized carbons (Fsp3) is 0.395. The number of carbonyl (C=O) groups excluding carboxylic acids is 2. The first kappa shape index (κ1) is 38.5. The fourth-order valence-corrected chi connectivity index (χ4v) is 6.62. The quantitative estimate of drug-likeness (QED) is 0.0508. The van der Waals surface area contributed by atoms with Crippen molar-refractivity contribution in [2.24, 2.45) is 0 Å². The Morgan fingerprint density at radius 1 is 0.808 bits per heavy atom. The SMILES string of the molecule is O=CNc1cc(C(O)CNCCCCCCCCCN2CCC(OC(=O)Nc3ccccc3-c3ccccc3)CC2)ccc1OCc1ccccc1. The molecular formula is C43H54N4O5. The highest BCUT2D eigenvalue weighted by Gasteiger charge is 2.22. The van der Waals surface area contributed by atoms with Gasteiger partial charge in [0.05, 0.1) is 17.5 Å². The number of nitrogens with one attached hydrogen (secondary N) is 3. The minimum absolute atomic E-state index is 0.0477. The normalized spacial score (nSPS) is 14.0. The summed E-state index contributed by atoms with van der Waals surface area (Å²) >= 11 is 0. The Morgan fingerprint density at radius 2 is 1.48 bits per heavy atom. The number of ether oxygens (including phenoxy) is 2. The lowest BCUT2D eigenvalue weighted by Crippen LogP contribution is -2.38. The fourth-order valence-electron chi connectivity index (χ4n) is 6.62. The van der Waals surface area contributed by atoms with E-state index in [9.17, 15) is 14.7 Å². The molecule has 276 valence electrons. The van der Waals surface area contributed by atoms with Crippen molar-refractivity contribution in [1.82, 2.24) is 10.2 Å². The van der Waals surface area contributed by atoms with Crippen molar-refractivity contribution >= 4 is 23.9 Å². The van der Waals surface area contributed by atoms with Crippen LogP contribution in [0.3, 0.4) is 0 Å². The van der Waals surface area contributed by atoms with Crippen LogP contribution in [0.4, 0.5) is 16.2 Å². The first-order valence-electron chi connectivity index (χ1n) is 18.8. The van der Waals surface area contributed by atoms with Crippen LogP contribution in [0, 0.1) is 0 Å². The summed E-state index contributed by atoms with van der Waals surface area (Å²) in [7, 11) is 0. The van der Waals surface area contributed by atoms with Gasteiger partial charge in [0, 0.05) is 25.2 Å². The smallest absolute Gasteiger partial charge is 0.411 e. The zero-order chi connectivity index (χ0) is 36.2. The van der Waals surface area contributed by atoms with Gasteiger partial charge in [0.1, 0.15) is 18.5 Å². The van der Waals surface area contributed by atoms with Crippen LogP contribution < -0.4 is 20.7 Å². The highest BCUT2D eigenvalue weighted by atomic mass is 16.6. The maximum atomic E-state index is 12.7. The van der Waals surface area contributed by atoms with Gasteiger partial charge >= 0.3 is 6.09 Å². The monoisotopic (exact) mass is 706 g/mol. The number of nitrogens with zero attached hydrogens (tertiary/aromatic N) is 1. The molecule has 0 aliphatic carbocycles. The van der Waals surface area contributed by atoms with E-state index in [0.29, 0.717) is 31.0 Å². The van der Waals surface area contributed by atoms with Crippen molar-refractivity contribution in [1.29, 1.82) is 0 Å². The maximum absolute atomic E-state index is 12.7. The number of unbranched alkanes of at least 4 members (excludes halogenated alkanes) is 6.